The monoisotopic (exact) mass is 222 g/mol. The lowest BCUT2D eigenvalue weighted by Crippen LogP contribution is -2.01. The van der Waals surface area contributed by atoms with Crippen molar-refractivity contribution in [1.82, 2.24) is 0 Å². The van der Waals surface area contributed by atoms with Crippen molar-refractivity contribution >= 4 is 0 Å². The molecule has 0 spiro atoms. The molecule has 0 aliphatic carbocycles. The van der Waals surface area contributed by atoms with E-state index >= 15 is 0 Å². The van der Waals surface area contributed by atoms with E-state index in [1.807, 2.05) is 6.07 Å². The van der Waals surface area contributed by atoms with Gasteiger partial charge in [-0.15, -0.1) is 0 Å². The Labute approximate surface area is 98.9 Å². The molecular weight excluding hydrogens is 199 g/mol. The van der Waals surface area contributed by atoms with Gasteiger partial charge in [-0.2, -0.15) is 0 Å². The molecule has 0 fully saturated rings. The van der Waals surface area contributed by atoms with Crippen molar-refractivity contribution in [3.63, 3.8) is 0 Å². The number of benzene rings is 1. The van der Waals surface area contributed by atoms with Gasteiger partial charge in [-0.25, -0.2) is 4.39 Å². The summed E-state index contributed by atoms with van der Waals surface area (Å²) in [6.07, 6.45) is 7.37. The van der Waals surface area contributed by atoms with Gasteiger partial charge in [0.1, 0.15) is 5.82 Å². The van der Waals surface area contributed by atoms with Crippen LogP contribution in [0.25, 0.3) is 0 Å². The largest absolute Gasteiger partial charge is 0.207 e. The van der Waals surface area contributed by atoms with Crippen LogP contribution < -0.4 is 0 Å². The quantitative estimate of drug-likeness (QED) is 0.610. The van der Waals surface area contributed by atoms with E-state index in [4.69, 9.17) is 0 Å². The van der Waals surface area contributed by atoms with E-state index in [9.17, 15) is 4.39 Å². The Balaban J connectivity index is 2.37. The minimum absolute atomic E-state index is 0.112. The van der Waals surface area contributed by atoms with Crippen LogP contribution in [-0.2, 0) is 6.42 Å². The molecule has 0 saturated heterocycles. The first-order chi connectivity index (χ1) is 7.76. The molecule has 0 aromatic heterocycles. The van der Waals surface area contributed by atoms with Crippen molar-refractivity contribution in [2.24, 2.45) is 5.92 Å². The fourth-order valence-electron chi connectivity index (χ4n) is 2.11. The van der Waals surface area contributed by atoms with Gasteiger partial charge in [-0.05, 0) is 36.5 Å². The number of aryl methyl sites for hydroxylation is 1. The van der Waals surface area contributed by atoms with Crippen LogP contribution in [0.4, 0.5) is 4.39 Å². The standard InChI is InChI=1S/C15H23F/c1-3-5-7-13(4-2)10-11-14-8-6-9-15(16)12-14/h6,8-9,12-13H,3-5,7,10-11H2,1-2H3. The smallest absolute Gasteiger partial charge is 0.123 e. The van der Waals surface area contributed by atoms with E-state index in [1.165, 1.54) is 38.2 Å². The molecule has 1 atom stereocenters. The molecule has 1 heteroatoms. The number of halogens is 1. The third-order valence-corrected chi connectivity index (χ3v) is 3.27. The fraction of sp³-hybridized carbons (Fsp3) is 0.600. The van der Waals surface area contributed by atoms with Gasteiger partial charge in [0.05, 0.1) is 0 Å². The average molecular weight is 222 g/mol. The summed E-state index contributed by atoms with van der Waals surface area (Å²) in [6, 6.07) is 7.00. The van der Waals surface area contributed by atoms with Crippen molar-refractivity contribution in [2.45, 2.75) is 52.4 Å². The third-order valence-electron chi connectivity index (χ3n) is 3.27. The molecule has 0 saturated carbocycles. The SMILES string of the molecule is CCCCC(CC)CCc1cccc(F)c1. The van der Waals surface area contributed by atoms with E-state index in [0.29, 0.717) is 0 Å². The minimum Gasteiger partial charge on any atom is -0.207 e. The molecule has 0 amide bonds. The summed E-state index contributed by atoms with van der Waals surface area (Å²) >= 11 is 0. The highest BCUT2D eigenvalue weighted by Crippen LogP contribution is 2.19. The molecule has 0 nitrogen and oxygen atoms in total. The predicted molar refractivity (Wildman–Crippen MR) is 68.0 cm³/mol. The van der Waals surface area contributed by atoms with Gasteiger partial charge in [0.2, 0.25) is 0 Å². The highest BCUT2D eigenvalue weighted by Gasteiger charge is 2.06. The Morgan fingerprint density at radius 3 is 2.62 bits per heavy atom. The first-order valence-corrected chi connectivity index (χ1v) is 6.50. The third kappa shape index (κ3) is 4.78. The molecule has 16 heavy (non-hydrogen) atoms. The highest BCUT2D eigenvalue weighted by molar-refractivity contribution is 5.16. The molecule has 1 aromatic rings. The summed E-state index contributed by atoms with van der Waals surface area (Å²) in [4.78, 5) is 0. The first kappa shape index (κ1) is 13.2. The average Bonchev–Trinajstić information content (AvgIpc) is 2.29. The second kappa shape index (κ2) is 7.43. The van der Waals surface area contributed by atoms with Crippen molar-refractivity contribution in [2.75, 3.05) is 0 Å². The maximum atomic E-state index is 13.0. The summed E-state index contributed by atoms with van der Waals surface area (Å²) in [5, 5.41) is 0. The van der Waals surface area contributed by atoms with Crippen LogP contribution >= 0.6 is 0 Å². The maximum absolute atomic E-state index is 13.0. The second-order valence-corrected chi connectivity index (χ2v) is 4.59. The molecular formula is C15H23F. The lowest BCUT2D eigenvalue weighted by molar-refractivity contribution is 0.421. The van der Waals surface area contributed by atoms with Crippen LogP contribution in [-0.4, -0.2) is 0 Å². The van der Waals surface area contributed by atoms with E-state index in [-0.39, 0.29) is 5.82 Å². The molecule has 0 radical (unpaired) electrons. The van der Waals surface area contributed by atoms with Gasteiger partial charge in [0.15, 0.2) is 0 Å². The number of hydrogen-bond donors (Lipinski definition) is 0. The first-order valence-electron chi connectivity index (χ1n) is 6.50. The lowest BCUT2D eigenvalue weighted by Gasteiger charge is -2.14. The topological polar surface area (TPSA) is 0 Å². The van der Waals surface area contributed by atoms with Gasteiger partial charge in [0, 0.05) is 0 Å². The van der Waals surface area contributed by atoms with E-state index < -0.39 is 0 Å². The van der Waals surface area contributed by atoms with Crippen LogP contribution in [0.5, 0.6) is 0 Å². The molecule has 1 aromatic carbocycles. The molecule has 1 unspecified atom stereocenters. The summed E-state index contributed by atoms with van der Waals surface area (Å²) < 4.78 is 13.0. The Kier molecular flexibility index (Phi) is 6.14. The van der Waals surface area contributed by atoms with Crippen LogP contribution in [0, 0.1) is 11.7 Å². The molecule has 0 bridgehead atoms. The zero-order valence-electron chi connectivity index (χ0n) is 10.5. The Morgan fingerprint density at radius 2 is 2.00 bits per heavy atom. The maximum Gasteiger partial charge on any atom is 0.123 e. The van der Waals surface area contributed by atoms with Crippen molar-refractivity contribution in [3.05, 3.63) is 35.6 Å². The summed E-state index contributed by atoms with van der Waals surface area (Å²) in [6.45, 7) is 4.49. The van der Waals surface area contributed by atoms with Crippen LogP contribution in [0.2, 0.25) is 0 Å². The number of rotatable bonds is 7. The molecule has 90 valence electrons. The normalized spacial score (nSPS) is 12.7. The summed E-state index contributed by atoms with van der Waals surface area (Å²) in [5.74, 6) is 0.697. The summed E-state index contributed by atoms with van der Waals surface area (Å²) in [5.41, 5.74) is 1.13. The zero-order chi connectivity index (χ0) is 11.8. The highest BCUT2D eigenvalue weighted by atomic mass is 19.1. The van der Waals surface area contributed by atoms with Gasteiger partial charge < -0.3 is 0 Å². The molecule has 0 heterocycles. The van der Waals surface area contributed by atoms with E-state index in [2.05, 4.69) is 13.8 Å². The van der Waals surface area contributed by atoms with Gasteiger partial charge in [0.25, 0.3) is 0 Å². The lowest BCUT2D eigenvalue weighted by atomic mass is 9.92. The fourth-order valence-corrected chi connectivity index (χ4v) is 2.11. The zero-order valence-corrected chi connectivity index (χ0v) is 10.5. The van der Waals surface area contributed by atoms with Crippen molar-refractivity contribution in [3.8, 4) is 0 Å². The Hall–Kier alpha value is -0.850. The van der Waals surface area contributed by atoms with Gasteiger partial charge >= 0.3 is 0 Å². The Morgan fingerprint density at radius 1 is 1.19 bits per heavy atom. The van der Waals surface area contributed by atoms with E-state index in [1.54, 1.807) is 12.1 Å². The van der Waals surface area contributed by atoms with Crippen LogP contribution in [0.15, 0.2) is 24.3 Å². The van der Waals surface area contributed by atoms with Gasteiger partial charge in [-0.1, -0.05) is 51.7 Å². The number of hydrogen-bond acceptors (Lipinski definition) is 0. The van der Waals surface area contributed by atoms with Crippen molar-refractivity contribution in [1.29, 1.82) is 0 Å². The minimum atomic E-state index is -0.112. The van der Waals surface area contributed by atoms with Crippen LogP contribution in [0.1, 0.15) is 51.5 Å². The van der Waals surface area contributed by atoms with Crippen LogP contribution in [0.3, 0.4) is 0 Å². The molecule has 1 rings (SSSR count). The summed E-state index contributed by atoms with van der Waals surface area (Å²) in [7, 11) is 0. The predicted octanol–water partition coefficient (Wildman–Crippen LogP) is 4.97. The molecule has 0 aliphatic heterocycles. The molecule has 0 N–H and O–H groups in total. The Bertz CT molecular complexity index is 293. The number of unbranched alkanes of at least 4 members (excludes halogenated alkanes) is 1. The van der Waals surface area contributed by atoms with Gasteiger partial charge in [-0.3, -0.25) is 0 Å². The van der Waals surface area contributed by atoms with E-state index in [0.717, 1.165) is 17.9 Å². The van der Waals surface area contributed by atoms with Crippen molar-refractivity contribution < 1.29 is 4.39 Å². The molecule has 0 aliphatic rings. The second-order valence-electron chi connectivity index (χ2n) is 4.59.